The van der Waals surface area contributed by atoms with Crippen LogP contribution >= 0.6 is 0 Å². The molecule has 2 rings (SSSR count). The highest BCUT2D eigenvalue weighted by Gasteiger charge is 2.30. The van der Waals surface area contributed by atoms with Crippen molar-refractivity contribution in [2.24, 2.45) is 5.92 Å². The predicted octanol–water partition coefficient (Wildman–Crippen LogP) is 1.78. The number of carbonyl (C=O) groups is 1. The molecular weight excluding hydrogens is 200 g/mol. The van der Waals surface area contributed by atoms with Gasteiger partial charge in [-0.3, -0.25) is 4.79 Å². The lowest BCUT2D eigenvalue weighted by molar-refractivity contribution is -0.138. The third-order valence-corrected chi connectivity index (χ3v) is 4.11. The third-order valence-electron chi connectivity index (χ3n) is 4.11. The van der Waals surface area contributed by atoms with Crippen LogP contribution in [0, 0.1) is 5.92 Å². The second kappa shape index (κ2) is 5.17. The highest BCUT2D eigenvalue weighted by Crippen LogP contribution is 2.25. The summed E-state index contributed by atoms with van der Waals surface area (Å²) in [6, 6.07) is 0.899. The van der Waals surface area contributed by atoms with Crippen molar-refractivity contribution in [1.29, 1.82) is 0 Å². The van der Waals surface area contributed by atoms with E-state index in [2.05, 4.69) is 24.1 Å². The van der Waals surface area contributed by atoms with Crippen LogP contribution < -0.4 is 5.32 Å². The zero-order chi connectivity index (χ0) is 11.5. The SMILES string of the molecule is C[C@@H]1CCC[C@H](C)N1C(=O)CC1CCNC1. The first-order chi connectivity index (χ1) is 7.68. The van der Waals surface area contributed by atoms with E-state index in [4.69, 9.17) is 0 Å². The topological polar surface area (TPSA) is 32.3 Å². The summed E-state index contributed by atoms with van der Waals surface area (Å²) >= 11 is 0. The second-order valence-electron chi connectivity index (χ2n) is 5.49. The number of nitrogens with one attached hydrogen (secondary N) is 1. The fraction of sp³-hybridized carbons (Fsp3) is 0.923. The van der Waals surface area contributed by atoms with Crippen LogP contribution in [0.5, 0.6) is 0 Å². The maximum atomic E-state index is 12.3. The molecule has 0 aromatic rings. The normalized spacial score (nSPS) is 35.4. The van der Waals surface area contributed by atoms with Crippen molar-refractivity contribution in [2.45, 2.75) is 58.0 Å². The van der Waals surface area contributed by atoms with Gasteiger partial charge in [0.1, 0.15) is 0 Å². The summed E-state index contributed by atoms with van der Waals surface area (Å²) in [6.45, 7) is 6.51. The molecule has 2 saturated heterocycles. The lowest BCUT2D eigenvalue weighted by atomic mass is 9.95. The number of carbonyl (C=O) groups excluding carboxylic acids is 1. The Kier molecular flexibility index (Phi) is 3.85. The van der Waals surface area contributed by atoms with Crippen molar-refractivity contribution in [3.05, 3.63) is 0 Å². The molecule has 3 nitrogen and oxygen atoms in total. The third kappa shape index (κ3) is 2.57. The van der Waals surface area contributed by atoms with Gasteiger partial charge in [-0.1, -0.05) is 0 Å². The Labute approximate surface area is 98.6 Å². The van der Waals surface area contributed by atoms with Crippen LogP contribution in [0.4, 0.5) is 0 Å². The zero-order valence-electron chi connectivity index (χ0n) is 10.5. The van der Waals surface area contributed by atoms with Gasteiger partial charge in [-0.25, -0.2) is 0 Å². The molecule has 1 unspecified atom stereocenters. The Balaban J connectivity index is 1.90. The molecule has 2 heterocycles. The number of rotatable bonds is 2. The minimum Gasteiger partial charge on any atom is -0.337 e. The number of piperidine rings is 1. The largest absolute Gasteiger partial charge is 0.337 e. The highest BCUT2D eigenvalue weighted by atomic mass is 16.2. The summed E-state index contributed by atoms with van der Waals surface area (Å²) in [4.78, 5) is 14.4. The molecule has 0 aromatic heterocycles. The fourth-order valence-corrected chi connectivity index (χ4v) is 3.15. The molecule has 92 valence electrons. The summed E-state index contributed by atoms with van der Waals surface area (Å²) in [6.07, 6.45) is 5.55. The van der Waals surface area contributed by atoms with Crippen LogP contribution in [0.2, 0.25) is 0 Å². The summed E-state index contributed by atoms with van der Waals surface area (Å²) in [5, 5.41) is 3.33. The number of nitrogens with zero attached hydrogens (tertiary/aromatic N) is 1. The molecule has 3 atom stereocenters. The molecular formula is C13H24N2O. The molecule has 2 fully saturated rings. The van der Waals surface area contributed by atoms with Crippen molar-refractivity contribution in [3.8, 4) is 0 Å². The molecule has 3 heteroatoms. The molecule has 0 radical (unpaired) electrons. The fourth-order valence-electron chi connectivity index (χ4n) is 3.15. The van der Waals surface area contributed by atoms with E-state index in [1.54, 1.807) is 0 Å². The van der Waals surface area contributed by atoms with Crippen molar-refractivity contribution in [3.63, 3.8) is 0 Å². The van der Waals surface area contributed by atoms with Crippen molar-refractivity contribution >= 4 is 5.91 Å². The van der Waals surface area contributed by atoms with E-state index in [1.807, 2.05) is 0 Å². The van der Waals surface area contributed by atoms with E-state index in [1.165, 1.54) is 25.7 Å². The zero-order valence-corrected chi connectivity index (χ0v) is 10.5. The molecule has 1 amide bonds. The number of amides is 1. The Bertz CT molecular complexity index is 238. The molecule has 0 aliphatic carbocycles. The average molecular weight is 224 g/mol. The molecule has 0 aromatic carbocycles. The standard InChI is InChI=1S/C13H24N2O/c1-10-4-3-5-11(2)15(10)13(16)8-12-6-7-14-9-12/h10-12,14H,3-9H2,1-2H3/t10-,11+,12?. The van der Waals surface area contributed by atoms with Gasteiger partial charge in [-0.2, -0.15) is 0 Å². The average Bonchev–Trinajstić information content (AvgIpc) is 2.70. The lowest BCUT2D eigenvalue weighted by Gasteiger charge is -2.39. The van der Waals surface area contributed by atoms with E-state index >= 15 is 0 Å². The van der Waals surface area contributed by atoms with Crippen LogP contribution in [0.15, 0.2) is 0 Å². The summed E-state index contributed by atoms with van der Waals surface area (Å²) in [7, 11) is 0. The Morgan fingerprint density at radius 1 is 1.25 bits per heavy atom. The van der Waals surface area contributed by atoms with Crippen LogP contribution in [-0.4, -0.2) is 36.0 Å². The van der Waals surface area contributed by atoms with Crippen molar-refractivity contribution in [1.82, 2.24) is 10.2 Å². The Morgan fingerprint density at radius 2 is 1.94 bits per heavy atom. The monoisotopic (exact) mass is 224 g/mol. The quantitative estimate of drug-likeness (QED) is 0.775. The number of hydrogen-bond donors (Lipinski definition) is 1. The van der Waals surface area contributed by atoms with Gasteiger partial charge in [0.2, 0.25) is 5.91 Å². The molecule has 2 aliphatic rings. The summed E-state index contributed by atoms with van der Waals surface area (Å²) in [5.41, 5.74) is 0. The van der Waals surface area contributed by atoms with Gasteiger partial charge in [-0.15, -0.1) is 0 Å². The molecule has 0 spiro atoms. The first-order valence-corrected chi connectivity index (χ1v) is 6.70. The van der Waals surface area contributed by atoms with E-state index in [0.29, 0.717) is 23.9 Å². The Hall–Kier alpha value is -0.570. The first-order valence-electron chi connectivity index (χ1n) is 6.70. The minimum absolute atomic E-state index is 0.383. The maximum Gasteiger partial charge on any atom is 0.223 e. The van der Waals surface area contributed by atoms with Gasteiger partial charge in [0.05, 0.1) is 0 Å². The van der Waals surface area contributed by atoms with E-state index < -0.39 is 0 Å². The Morgan fingerprint density at radius 3 is 2.50 bits per heavy atom. The minimum atomic E-state index is 0.383. The van der Waals surface area contributed by atoms with Gasteiger partial charge in [-0.05, 0) is 58.5 Å². The van der Waals surface area contributed by atoms with Crippen LogP contribution in [-0.2, 0) is 4.79 Å². The van der Waals surface area contributed by atoms with Gasteiger partial charge < -0.3 is 10.2 Å². The molecule has 2 aliphatic heterocycles. The van der Waals surface area contributed by atoms with Crippen molar-refractivity contribution in [2.75, 3.05) is 13.1 Å². The van der Waals surface area contributed by atoms with E-state index in [0.717, 1.165) is 19.5 Å². The smallest absolute Gasteiger partial charge is 0.223 e. The first kappa shape index (κ1) is 11.9. The van der Waals surface area contributed by atoms with Gasteiger partial charge in [0.25, 0.3) is 0 Å². The highest BCUT2D eigenvalue weighted by molar-refractivity contribution is 5.77. The lowest BCUT2D eigenvalue weighted by Crippen LogP contribution is -2.48. The van der Waals surface area contributed by atoms with E-state index in [9.17, 15) is 4.79 Å². The summed E-state index contributed by atoms with van der Waals surface area (Å²) < 4.78 is 0. The maximum absolute atomic E-state index is 12.3. The number of likely N-dealkylation sites (tertiary alicyclic amines) is 1. The number of hydrogen-bond acceptors (Lipinski definition) is 2. The molecule has 16 heavy (non-hydrogen) atoms. The molecule has 0 bridgehead atoms. The van der Waals surface area contributed by atoms with Crippen LogP contribution in [0.3, 0.4) is 0 Å². The van der Waals surface area contributed by atoms with E-state index in [-0.39, 0.29) is 0 Å². The molecule has 0 saturated carbocycles. The summed E-state index contributed by atoms with van der Waals surface area (Å²) in [5.74, 6) is 0.960. The molecule has 1 N–H and O–H groups in total. The predicted molar refractivity (Wildman–Crippen MR) is 65.2 cm³/mol. The van der Waals surface area contributed by atoms with Gasteiger partial charge in [0, 0.05) is 18.5 Å². The van der Waals surface area contributed by atoms with Crippen LogP contribution in [0.25, 0.3) is 0 Å². The van der Waals surface area contributed by atoms with Gasteiger partial charge in [0.15, 0.2) is 0 Å². The second-order valence-corrected chi connectivity index (χ2v) is 5.49. The van der Waals surface area contributed by atoms with Crippen molar-refractivity contribution < 1.29 is 4.79 Å². The van der Waals surface area contributed by atoms with Gasteiger partial charge >= 0.3 is 0 Å². The van der Waals surface area contributed by atoms with Crippen LogP contribution in [0.1, 0.15) is 46.0 Å².